The Morgan fingerprint density at radius 3 is 1.96 bits per heavy atom. The predicted molar refractivity (Wildman–Crippen MR) is 99.4 cm³/mol. The minimum Gasteiger partial charge on any atom is -0.444 e. The molecule has 1 heterocycles. The van der Waals surface area contributed by atoms with Crippen LogP contribution < -0.4 is 9.47 Å². The lowest BCUT2D eigenvalue weighted by atomic mass is 10.1. The summed E-state index contributed by atoms with van der Waals surface area (Å²) >= 11 is 12.8. The van der Waals surface area contributed by atoms with E-state index >= 15 is 0 Å². The van der Waals surface area contributed by atoms with Gasteiger partial charge in [-0.3, -0.25) is 0 Å². The molecule has 2 nitrogen and oxygen atoms in total. The van der Waals surface area contributed by atoms with Crippen molar-refractivity contribution in [2.75, 3.05) is 0 Å². The van der Waals surface area contributed by atoms with Crippen LogP contribution in [0.25, 0.3) is 10.8 Å². The second-order valence-electron chi connectivity index (χ2n) is 5.69. The van der Waals surface area contributed by atoms with E-state index < -0.39 is 11.6 Å². The molecular weight excluding hydrogens is 462 g/mol. The number of hydrogen-bond donors (Lipinski definition) is 0. The van der Waals surface area contributed by atoms with Crippen LogP contribution >= 0.6 is 43.5 Å². The first-order valence-electron chi connectivity index (χ1n) is 7.12. The highest BCUT2D eigenvalue weighted by molar-refractivity contribution is 9.13. The molecule has 0 saturated heterocycles. The summed E-state index contributed by atoms with van der Waals surface area (Å²) in [4.78, 5) is 0. The van der Waals surface area contributed by atoms with Crippen LogP contribution in [-0.4, -0.2) is 0 Å². The van der Waals surface area contributed by atoms with Gasteiger partial charge >= 0.3 is 0 Å². The van der Waals surface area contributed by atoms with Gasteiger partial charge in [0.05, 0.1) is 5.56 Å². The predicted octanol–water partition coefficient (Wildman–Crippen LogP) is 6.80. The Morgan fingerprint density at radius 1 is 0.917 bits per heavy atom. The molecule has 0 atom stereocenters. The van der Waals surface area contributed by atoms with Gasteiger partial charge in [0.1, 0.15) is 5.82 Å². The second-order valence-corrected chi connectivity index (χ2v) is 7.83. The molecule has 0 spiro atoms. The Bertz CT molecular complexity index is 940. The summed E-state index contributed by atoms with van der Waals surface area (Å²) in [6.07, 6.45) is 0. The Hall–Kier alpha value is -1.30. The highest BCUT2D eigenvalue weighted by Gasteiger charge is 2.41. The lowest BCUT2D eigenvalue weighted by Gasteiger charge is -2.23. The van der Waals surface area contributed by atoms with Crippen molar-refractivity contribution in [1.82, 2.24) is 0 Å². The van der Waals surface area contributed by atoms with Crippen LogP contribution in [0, 0.1) is 5.82 Å². The number of halogens is 4. The summed E-state index contributed by atoms with van der Waals surface area (Å²) in [5.41, 5.74) is 0.300. The van der Waals surface area contributed by atoms with E-state index in [9.17, 15) is 4.39 Å². The van der Waals surface area contributed by atoms with Crippen LogP contribution in [0.1, 0.15) is 12.5 Å². The standard InChI is InChI=1S/C18H10Br2ClFO2/c1-18(12-3-2-11(21)8-15(12)22)23-16-6-9-4-13(19)14(20)5-10(9)7-17(16)24-18/h2-8H,1H3. The van der Waals surface area contributed by atoms with Gasteiger partial charge in [0.25, 0.3) is 5.79 Å². The maximum absolute atomic E-state index is 14.3. The molecule has 0 fully saturated rings. The zero-order chi connectivity index (χ0) is 17.1. The van der Waals surface area contributed by atoms with Gasteiger partial charge in [-0.2, -0.15) is 0 Å². The molecule has 0 saturated carbocycles. The van der Waals surface area contributed by atoms with Crippen molar-refractivity contribution >= 4 is 54.2 Å². The van der Waals surface area contributed by atoms with E-state index in [1.807, 2.05) is 24.3 Å². The highest BCUT2D eigenvalue weighted by Crippen LogP contribution is 2.47. The fourth-order valence-corrected chi connectivity index (χ4v) is 3.70. The molecule has 0 bridgehead atoms. The topological polar surface area (TPSA) is 18.5 Å². The van der Waals surface area contributed by atoms with Gasteiger partial charge < -0.3 is 9.47 Å². The van der Waals surface area contributed by atoms with E-state index in [-0.39, 0.29) is 0 Å². The van der Waals surface area contributed by atoms with E-state index in [4.69, 9.17) is 21.1 Å². The van der Waals surface area contributed by atoms with Crippen molar-refractivity contribution in [1.29, 1.82) is 0 Å². The van der Waals surface area contributed by atoms with Crippen LogP contribution in [0.2, 0.25) is 5.02 Å². The van der Waals surface area contributed by atoms with E-state index in [1.54, 1.807) is 19.1 Å². The van der Waals surface area contributed by atoms with E-state index in [0.717, 1.165) is 19.7 Å². The third-order valence-corrected chi connectivity index (χ3v) is 6.05. The van der Waals surface area contributed by atoms with Crippen LogP contribution in [0.4, 0.5) is 4.39 Å². The lowest BCUT2D eigenvalue weighted by Crippen LogP contribution is -2.32. The van der Waals surface area contributed by atoms with Gasteiger partial charge in [-0.1, -0.05) is 11.6 Å². The first-order chi connectivity index (χ1) is 11.4. The normalized spacial score (nSPS) is 15.0. The van der Waals surface area contributed by atoms with Crippen molar-refractivity contribution in [2.45, 2.75) is 12.7 Å². The quantitative estimate of drug-likeness (QED) is 0.388. The molecule has 0 aliphatic carbocycles. The Labute approximate surface area is 159 Å². The van der Waals surface area contributed by atoms with E-state index in [2.05, 4.69) is 31.9 Å². The summed E-state index contributed by atoms with van der Waals surface area (Å²) < 4.78 is 28.1. The highest BCUT2D eigenvalue weighted by atomic mass is 79.9. The first-order valence-corrected chi connectivity index (χ1v) is 9.08. The summed E-state index contributed by atoms with van der Waals surface area (Å²) in [7, 11) is 0. The Balaban J connectivity index is 1.81. The molecule has 24 heavy (non-hydrogen) atoms. The van der Waals surface area contributed by atoms with Crippen LogP contribution in [0.5, 0.6) is 11.5 Å². The Morgan fingerprint density at radius 2 is 1.46 bits per heavy atom. The number of hydrogen-bond acceptors (Lipinski definition) is 2. The lowest BCUT2D eigenvalue weighted by molar-refractivity contribution is -0.0706. The molecule has 0 amide bonds. The van der Waals surface area contributed by atoms with Gasteiger partial charge in [-0.05, 0) is 85.1 Å². The largest absolute Gasteiger partial charge is 0.444 e. The van der Waals surface area contributed by atoms with Gasteiger partial charge in [-0.15, -0.1) is 0 Å². The third kappa shape index (κ3) is 2.59. The second kappa shape index (κ2) is 5.61. The third-order valence-electron chi connectivity index (χ3n) is 3.97. The number of ether oxygens (including phenoxy) is 2. The van der Waals surface area contributed by atoms with Gasteiger partial charge in [0.2, 0.25) is 0 Å². The molecule has 0 unspecified atom stereocenters. The first kappa shape index (κ1) is 16.2. The molecule has 6 heteroatoms. The number of fused-ring (bicyclic) bond motifs is 2. The average molecular weight is 473 g/mol. The van der Waals surface area contributed by atoms with Crippen molar-refractivity contribution in [3.05, 3.63) is 67.8 Å². The van der Waals surface area contributed by atoms with Gasteiger partial charge in [-0.25, -0.2) is 4.39 Å². The summed E-state index contributed by atoms with van der Waals surface area (Å²) in [5, 5.41) is 2.32. The smallest absolute Gasteiger partial charge is 0.278 e. The number of benzene rings is 3. The molecule has 0 N–H and O–H groups in total. The zero-order valence-corrected chi connectivity index (χ0v) is 16.3. The maximum atomic E-state index is 14.3. The fraction of sp³-hybridized carbons (Fsp3) is 0.111. The Kier molecular flexibility index (Phi) is 3.79. The maximum Gasteiger partial charge on any atom is 0.278 e. The van der Waals surface area contributed by atoms with Gasteiger partial charge in [0, 0.05) is 20.9 Å². The molecule has 1 aliphatic rings. The SMILES string of the molecule is CC1(c2ccc(Cl)cc2F)Oc2cc3cc(Br)c(Br)cc3cc2O1. The molecule has 3 aromatic rings. The minimum absolute atomic E-state index is 0.300. The van der Waals surface area contributed by atoms with E-state index in [1.165, 1.54) is 6.07 Å². The van der Waals surface area contributed by atoms with Crippen LogP contribution in [-0.2, 0) is 5.79 Å². The molecular formula is C18H10Br2ClFO2. The number of rotatable bonds is 1. The van der Waals surface area contributed by atoms with E-state index in [0.29, 0.717) is 22.1 Å². The molecule has 122 valence electrons. The summed E-state index contributed by atoms with van der Waals surface area (Å²) in [6.45, 7) is 1.69. The minimum atomic E-state index is -1.23. The summed E-state index contributed by atoms with van der Waals surface area (Å²) in [6, 6.07) is 12.2. The van der Waals surface area contributed by atoms with Crippen molar-refractivity contribution in [3.63, 3.8) is 0 Å². The monoisotopic (exact) mass is 470 g/mol. The molecule has 3 aromatic carbocycles. The van der Waals surface area contributed by atoms with Crippen molar-refractivity contribution in [3.8, 4) is 11.5 Å². The molecule has 0 radical (unpaired) electrons. The van der Waals surface area contributed by atoms with Crippen LogP contribution in [0.3, 0.4) is 0 Å². The average Bonchev–Trinajstić information content (AvgIpc) is 2.82. The summed E-state index contributed by atoms with van der Waals surface area (Å²) in [5.74, 6) is -0.543. The molecule has 1 aliphatic heterocycles. The van der Waals surface area contributed by atoms with Crippen molar-refractivity contribution in [2.24, 2.45) is 0 Å². The van der Waals surface area contributed by atoms with Crippen LogP contribution in [0.15, 0.2) is 51.4 Å². The fourth-order valence-electron chi connectivity index (χ4n) is 2.82. The zero-order valence-electron chi connectivity index (χ0n) is 12.4. The van der Waals surface area contributed by atoms with Gasteiger partial charge in [0.15, 0.2) is 11.5 Å². The van der Waals surface area contributed by atoms with Crippen molar-refractivity contribution < 1.29 is 13.9 Å². The molecule has 0 aromatic heterocycles. The molecule has 4 rings (SSSR count).